The van der Waals surface area contributed by atoms with Gasteiger partial charge < -0.3 is 9.67 Å². The Hall–Kier alpha value is -1.62. The Morgan fingerprint density at radius 2 is 2.15 bits per heavy atom. The maximum absolute atomic E-state index is 10.9. The first-order chi connectivity index (χ1) is 9.31. The monoisotopic (exact) mass is 336 g/mol. The Morgan fingerprint density at radius 1 is 1.45 bits per heavy atom. The van der Waals surface area contributed by atoms with E-state index in [2.05, 4.69) is 20.9 Å². The molecule has 0 unspecified atom stereocenters. The van der Waals surface area contributed by atoms with E-state index in [1.165, 1.54) is 0 Å². The summed E-state index contributed by atoms with van der Waals surface area (Å²) < 4.78 is 2.91. The van der Waals surface area contributed by atoms with Crippen molar-refractivity contribution in [2.45, 2.75) is 32.6 Å². The van der Waals surface area contributed by atoms with Gasteiger partial charge in [0.1, 0.15) is 5.82 Å². The second-order valence-corrected chi connectivity index (χ2v) is 6.32. The third-order valence-electron chi connectivity index (χ3n) is 3.41. The maximum Gasteiger partial charge on any atom is 0.304 e. The molecule has 4 nitrogen and oxygen atoms in total. The number of hydrogen-bond donors (Lipinski definition) is 1. The van der Waals surface area contributed by atoms with Crippen molar-refractivity contribution in [3.63, 3.8) is 0 Å². The molecule has 1 N–H and O–H groups in total. The van der Waals surface area contributed by atoms with E-state index >= 15 is 0 Å². The third-order valence-corrected chi connectivity index (χ3v) is 4.04. The molecule has 0 saturated carbocycles. The van der Waals surface area contributed by atoms with E-state index in [1.54, 1.807) is 6.20 Å². The van der Waals surface area contributed by atoms with Crippen LogP contribution in [-0.4, -0.2) is 20.6 Å². The Labute approximate surface area is 126 Å². The van der Waals surface area contributed by atoms with Gasteiger partial charge in [-0.05, 0) is 40.5 Å². The van der Waals surface area contributed by atoms with E-state index in [1.807, 2.05) is 49.7 Å². The van der Waals surface area contributed by atoms with Crippen LogP contribution in [0.1, 0.15) is 31.7 Å². The van der Waals surface area contributed by atoms with Crippen molar-refractivity contribution in [3.05, 3.63) is 46.5 Å². The summed E-state index contributed by atoms with van der Waals surface area (Å²) in [7, 11) is 0. The van der Waals surface area contributed by atoms with Gasteiger partial charge in [-0.3, -0.25) is 4.79 Å². The summed E-state index contributed by atoms with van der Waals surface area (Å²) in [5.41, 5.74) is 1.58. The zero-order valence-electron chi connectivity index (χ0n) is 11.7. The van der Waals surface area contributed by atoms with Crippen LogP contribution in [0.25, 0.3) is 5.69 Å². The highest BCUT2D eigenvalue weighted by Crippen LogP contribution is 2.32. The summed E-state index contributed by atoms with van der Waals surface area (Å²) in [6.07, 6.45) is 3.75. The molecule has 1 aromatic carbocycles. The van der Waals surface area contributed by atoms with Gasteiger partial charge in [-0.1, -0.05) is 19.9 Å². The van der Waals surface area contributed by atoms with Crippen LogP contribution in [0.4, 0.5) is 0 Å². The molecule has 0 radical (unpaired) electrons. The molecule has 2 rings (SSSR count). The number of rotatable bonds is 4. The smallest absolute Gasteiger partial charge is 0.304 e. The molecular formula is C15H17BrN2O2. The third kappa shape index (κ3) is 2.93. The summed E-state index contributed by atoms with van der Waals surface area (Å²) >= 11 is 3.57. The second kappa shape index (κ2) is 5.40. The van der Waals surface area contributed by atoms with Crippen molar-refractivity contribution in [2.24, 2.45) is 0 Å². The minimum atomic E-state index is -0.791. The van der Waals surface area contributed by atoms with Crippen LogP contribution in [0.2, 0.25) is 0 Å². The highest BCUT2D eigenvalue weighted by molar-refractivity contribution is 9.10. The number of nitrogens with zero attached hydrogens (tertiary/aromatic N) is 2. The molecular weight excluding hydrogens is 320 g/mol. The van der Waals surface area contributed by atoms with Gasteiger partial charge >= 0.3 is 5.97 Å². The van der Waals surface area contributed by atoms with E-state index in [0.29, 0.717) is 0 Å². The number of carbonyl (C=O) groups is 1. The molecule has 0 saturated heterocycles. The molecule has 0 atom stereocenters. The first-order valence-electron chi connectivity index (χ1n) is 6.33. The number of benzene rings is 1. The topological polar surface area (TPSA) is 55.1 Å². The van der Waals surface area contributed by atoms with Crippen LogP contribution >= 0.6 is 15.9 Å². The van der Waals surface area contributed by atoms with Gasteiger partial charge in [0.15, 0.2) is 0 Å². The molecule has 0 aliphatic rings. The highest BCUT2D eigenvalue weighted by Gasteiger charge is 2.24. The molecule has 1 aromatic heterocycles. The van der Waals surface area contributed by atoms with Crippen LogP contribution in [0, 0.1) is 6.92 Å². The predicted octanol–water partition coefficient (Wildman–Crippen LogP) is 3.70. The summed E-state index contributed by atoms with van der Waals surface area (Å²) in [5.74, 6) is 0.115. The fourth-order valence-electron chi connectivity index (χ4n) is 2.24. The molecule has 5 heteroatoms. The van der Waals surface area contributed by atoms with Crippen molar-refractivity contribution >= 4 is 21.9 Å². The summed E-state index contributed by atoms with van der Waals surface area (Å²) in [6.45, 7) is 5.81. The van der Waals surface area contributed by atoms with Gasteiger partial charge in [0.25, 0.3) is 0 Å². The minimum Gasteiger partial charge on any atom is -0.481 e. The molecule has 0 aliphatic carbocycles. The van der Waals surface area contributed by atoms with Crippen LogP contribution in [0.3, 0.4) is 0 Å². The number of aryl methyl sites for hydroxylation is 1. The number of hydrogen-bond acceptors (Lipinski definition) is 2. The van der Waals surface area contributed by atoms with Crippen LogP contribution < -0.4 is 0 Å². The standard InChI is InChI=1S/C15H17BrN2O2/c1-10-17-6-7-18(10)13-5-4-11(8-12(13)16)15(2,3)9-14(19)20/h4-8H,9H2,1-3H3,(H,19,20). The molecule has 2 aromatic rings. The molecule has 0 aliphatic heterocycles. The first kappa shape index (κ1) is 14.8. The van der Waals surface area contributed by atoms with Crippen molar-refractivity contribution in [3.8, 4) is 5.69 Å². The minimum absolute atomic E-state index is 0.100. The Kier molecular flexibility index (Phi) is 3.99. The number of carboxylic acids is 1. The quantitative estimate of drug-likeness (QED) is 0.926. The van der Waals surface area contributed by atoms with Crippen LogP contribution in [0.5, 0.6) is 0 Å². The van der Waals surface area contributed by atoms with Crippen LogP contribution in [0.15, 0.2) is 35.1 Å². The maximum atomic E-state index is 10.9. The van der Waals surface area contributed by atoms with E-state index in [0.717, 1.165) is 21.5 Å². The van der Waals surface area contributed by atoms with Crippen molar-refractivity contribution in [2.75, 3.05) is 0 Å². The summed E-state index contributed by atoms with van der Waals surface area (Å²) in [5, 5.41) is 9.00. The molecule has 0 amide bonds. The highest BCUT2D eigenvalue weighted by atomic mass is 79.9. The lowest BCUT2D eigenvalue weighted by Gasteiger charge is -2.24. The summed E-state index contributed by atoms with van der Waals surface area (Å²) in [4.78, 5) is 15.2. The molecule has 0 bridgehead atoms. The number of carboxylic acid groups (broad SMARTS) is 1. The summed E-state index contributed by atoms with van der Waals surface area (Å²) in [6, 6.07) is 5.94. The van der Waals surface area contributed by atoms with Crippen molar-refractivity contribution in [1.29, 1.82) is 0 Å². The van der Waals surface area contributed by atoms with Gasteiger partial charge in [0, 0.05) is 22.3 Å². The number of aromatic nitrogens is 2. The molecule has 0 fully saturated rings. The normalized spacial score (nSPS) is 11.6. The molecule has 1 heterocycles. The van der Waals surface area contributed by atoms with Gasteiger partial charge in [-0.25, -0.2) is 4.98 Å². The lowest BCUT2D eigenvalue weighted by atomic mass is 9.81. The average Bonchev–Trinajstić information content (AvgIpc) is 2.73. The van der Waals surface area contributed by atoms with Crippen molar-refractivity contribution in [1.82, 2.24) is 9.55 Å². The van der Waals surface area contributed by atoms with E-state index in [9.17, 15) is 4.79 Å². The Balaban J connectivity index is 2.40. The zero-order chi connectivity index (χ0) is 14.9. The number of aliphatic carboxylic acids is 1. The van der Waals surface area contributed by atoms with Gasteiger partial charge in [-0.15, -0.1) is 0 Å². The van der Waals surface area contributed by atoms with E-state index < -0.39 is 11.4 Å². The van der Waals surface area contributed by atoms with Crippen molar-refractivity contribution < 1.29 is 9.90 Å². The first-order valence-corrected chi connectivity index (χ1v) is 7.13. The van der Waals surface area contributed by atoms with Gasteiger partial charge in [-0.2, -0.15) is 0 Å². The fourth-order valence-corrected chi connectivity index (χ4v) is 2.81. The lowest BCUT2D eigenvalue weighted by Crippen LogP contribution is -2.21. The van der Waals surface area contributed by atoms with E-state index in [4.69, 9.17) is 5.11 Å². The molecule has 106 valence electrons. The Morgan fingerprint density at radius 3 is 2.65 bits per heavy atom. The number of halogens is 1. The predicted molar refractivity (Wildman–Crippen MR) is 81.3 cm³/mol. The fraction of sp³-hybridized carbons (Fsp3) is 0.333. The SMILES string of the molecule is Cc1nccn1-c1ccc(C(C)(C)CC(=O)O)cc1Br. The molecule has 0 spiro atoms. The van der Waals surface area contributed by atoms with E-state index in [-0.39, 0.29) is 6.42 Å². The Bertz CT molecular complexity index is 647. The zero-order valence-corrected chi connectivity index (χ0v) is 13.3. The van der Waals surface area contributed by atoms with Crippen LogP contribution in [-0.2, 0) is 10.2 Å². The van der Waals surface area contributed by atoms with Gasteiger partial charge in [0.05, 0.1) is 12.1 Å². The second-order valence-electron chi connectivity index (χ2n) is 5.47. The number of imidazole rings is 1. The molecule has 20 heavy (non-hydrogen) atoms. The average molecular weight is 337 g/mol. The van der Waals surface area contributed by atoms with Gasteiger partial charge in [0.2, 0.25) is 0 Å². The lowest BCUT2D eigenvalue weighted by molar-refractivity contribution is -0.138. The largest absolute Gasteiger partial charge is 0.481 e.